The van der Waals surface area contributed by atoms with Crippen LogP contribution in [-0.4, -0.2) is 33.5 Å². The highest BCUT2D eigenvalue weighted by molar-refractivity contribution is 14.1. The first-order chi connectivity index (χ1) is 14.6. The van der Waals surface area contributed by atoms with Gasteiger partial charge >= 0.3 is 0 Å². The molecule has 1 amide bonds. The average molecular weight is 549 g/mol. The zero-order valence-corrected chi connectivity index (χ0v) is 20.2. The Morgan fingerprint density at radius 3 is 2.45 bits per heavy atom. The van der Waals surface area contributed by atoms with Crippen molar-refractivity contribution < 1.29 is 22.7 Å². The molecule has 0 radical (unpaired) electrons. The third-order valence-electron chi connectivity index (χ3n) is 4.57. The Morgan fingerprint density at radius 1 is 1.13 bits per heavy atom. The zero-order chi connectivity index (χ0) is 22.8. The number of ether oxygens (including phenoxy) is 1. The standard InChI is InChI=1S/C23H20INO5S/c1-15-10-16(14-31(3,28)29)4-5-17(15)6-7-18-11-19(12-21(24)23(18)30-2)25-9-8-20(26)13-22(25)27/h4-5,8-12H,13-14H2,1-3H3. The normalized spacial score (nSPS) is 13.7. The molecular weight excluding hydrogens is 529 g/mol. The van der Waals surface area contributed by atoms with Crippen LogP contribution in [0.1, 0.15) is 28.7 Å². The summed E-state index contributed by atoms with van der Waals surface area (Å²) in [7, 11) is -1.56. The summed E-state index contributed by atoms with van der Waals surface area (Å²) in [6.45, 7) is 1.88. The number of benzene rings is 2. The Labute approximate surface area is 195 Å². The molecule has 0 aliphatic carbocycles. The van der Waals surface area contributed by atoms with Crippen LogP contribution in [-0.2, 0) is 25.2 Å². The maximum Gasteiger partial charge on any atom is 0.238 e. The largest absolute Gasteiger partial charge is 0.494 e. The molecule has 8 heteroatoms. The Bertz CT molecular complexity index is 1270. The minimum absolute atomic E-state index is 0.0184. The predicted molar refractivity (Wildman–Crippen MR) is 128 cm³/mol. The summed E-state index contributed by atoms with van der Waals surface area (Å²) in [5.41, 5.74) is 3.54. The van der Waals surface area contributed by atoms with E-state index in [0.29, 0.717) is 22.6 Å². The van der Waals surface area contributed by atoms with Gasteiger partial charge in [0.25, 0.3) is 0 Å². The molecular formula is C23H20INO5S. The van der Waals surface area contributed by atoms with E-state index in [1.165, 1.54) is 23.4 Å². The van der Waals surface area contributed by atoms with Crippen LogP contribution in [0.3, 0.4) is 0 Å². The van der Waals surface area contributed by atoms with E-state index in [2.05, 4.69) is 34.4 Å². The summed E-state index contributed by atoms with van der Waals surface area (Å²) in [4.78, 5) is 25.2. The molecule has 31 heavy (non-hydrogen) atoms. The second kappa shape index (κ2) is 9.24. The van der Waals surface area contributed by atoms with Crippen molar-refractivity contribution in [2.45, 2.75) is 19.1 Å². The van der Waals surface area contributed by atoms with Crippen molar-refractivity contribution in [3.63, 3.8) is 0 Å². The molecule has 0 unspecified atom stereocenters. The fourth-order valence-electron chi connectivity index (χ4n) is 3.18. The molecule has 2 aromatic carbocycles. The molecule has 1 aliphatic heterocycles. The van der Waals surface area contributed by atoms with Crippen LogP contribution in [0.25, 0.3) is 0 Å². The first-order valence-electron chi connectivity index (χ1n) is 9.27. The molecule has 6 nitrogen and oxygen atoms in total. The van der Waals surface area contributed by atoms with E-state index >= 15 is 0 Å². The van der Waals surface area contributed by atoms with Gasteiger partial charge in [-0.2, -0.15) is 0 Å². The third-order valence-corrected chi connectivity index (χ3v) is 6.22. The number of allylic oxidation sites excluding steroid dienone is 1. The van der Waals surface area contributed by atoms with Crippen molar-refractivity contribution in [3.05, 3.63) is 68.4 Å². The quantitative estimate of drug-likeness (QED) is 0.332. The van der Waals surface area contributed by atoms with E-state index in [9.17, 15) is 18.0 Å². The lowest BCUT2D eigenvalue weighted by Gasteiger charge is -2.22. The van der Waals surface area contributed by atoms with Gasteiger partial charge in [-0.25, -0.2) is 8.42 Å². The first-order valence-corrected chi connectivity index (χ1v) is 12.4. The molecule has 0 saturated heterocycles. The van der Waals surface area contributed by atoms with Crippen molar-refractivity contribution in [3.8, 4) is 17.6 Å². The van der Waals surface area contributed by atoms with E-state index in [0.717, 1.165) is 14.7 Å². The summed E-state index contributed by atoms with van der Waals surface area (Å²) >= 11 is 2.12. The molecule has 1 aliphatic rings. The van der Waals surface area contributed by atoms with Gasteiger partial charge in [-0.05, 0) is 64.9 Å². The van der Waals surface area contributed by atoms with Crippen LogP contribution in [0.5, 0.6) is 5.75 Å². The monoisotopic (exact) mass is 549 g/mol. The van der Waals surface area contributed by atoms with Crippen LogP contribution in [0.4, 0.5) is 5.69 Å². The zero-order valence-electron chi connectivity index (χ0n) is 17.2. The number of hydrogen-bond donors (Lipinski definition) is 0. The number of aryl methyl sites for hydroxylation is 1. The van der Waals surface area contributed by atoms with E-state index in [1.54, 1.807) is 31.4 Å². The van der Waals surface area contributed by atoms with Crippen LogP contribution < -0.4 is 9.64 Å². The number of rotatable bonds is 4. The number of nitrogens with zero attached hydrogens (tertiary/aromatic N) is 1. The van der Waals surface area contributed by atoms with Gasteiger partial charge in [0.1, 0.15) is 5.75 Å². The molecule has 0 N–H and O–H groups in total. The highest BCUT2D eigenvalue weighted by Crippen LogP contribution is 2.32. The maximum absolute atomic E-state index is 12.3. The molecule has 160 valence electrons. The molecule has 0 saturated carbocycles. The molecule has 0 aromatic heterocycles. The van der Waals surface area contributed by atoms with Crippen molar-refractivity contribution in [1.82, 2.24) is 0 Å². The molecule has 0 bridgehead atoms. The summed E-state index contributed by atoms with van der Waals surface area (Å²) < 4.78 is 29.3. The lowest BCUT2D eigenvalue weighted by atomic mass is 10.1. The van der Waals surface area contributed by atoms with Crippen LogP contribution in [0.2, 0.25) is 0 Å². The molecule has 1 heterocycles. The highest BCUT2D eigenvalue weighted by Gasteiger charge is 2.22. The van der Waals surface area contributed by atoms with Crippen molar-refractivity contribution in [2.24, 2.45) is 0 Å². The average Bonchev–Trinajstić information content (AvgIpc) is 2.65. The number of methoxy groups -OCH3 is 1. The number of carbonyl (C=O) groups excluding carboxylic acids is 2. The maximum atomic E-state index is 12.3. The second-order valence-electron chi connectivity index (χ2n) is 7.20. The SMILES string of the molecule is COc1c(I)cc(N2C=CC(=O)CC2=O)cc1C#Cc1ccc(CS(C)(=O)=O)cc1C. The molecule has 2 aromatic rings. The van der Waals surface area contributed by atoms with E-state index in [1.807, 2.05) is 13.0 Å². The van der Waals surface area contributed by atoms with Gasteiger partial charge in [-0.3, -0.25) is 14.5 Å². The summed E-state index contributed by atoms with van der Waals surface area (Å²) in [6.07, 6.45) is 3.88. The minimum Gasteiger partial charge on any atom is -0.494 e. The summed E-state index contributed by atoms with van der Waals surface area (Å²) in [6, 6.07) is 8.92. The van der Waals surface area contributed by atoms with Gasteiger partial charge in [0, 0.05) is 18.0 Å². The van der Waals surface area contributed by atoms with E-state index in [4.69, 9.17) is 4.74 Å². The number of carbonyl (C=O) groups is 2. The van der Waals surface area contributed by atoms with Crippen LogP contribution in [0, 0.1) is 22.3 Å². The van der Waals surface area contributed by atoms with Crippen molar-refractivity contribution in [1.29, 1.82) is 0 Å². The number of ketones is 1. The third kappa shape index (κ3) is 5.74. The molecule has 0 spiro atoms. The molecule has 3 rings (SSSR count). The highest BCUT2D eigenvalue weighted by atomic mass is 127. The minimum atomic E-state index is -3.11. The molecule has 0 fully saturated rings. The topological polar surface area (TPSA) is 80.8 Å². The van der Waals surface area contributed by atoms with Gasteiger partial charge in [0.05, 0.1) is 34.1 Å². The second-order valence-corrected chi connectivity index (χ2v) is 10.5. The molecule has 0 atom stereocenters. The number of amides is 1. The first kappa shape index (κ1) is 23.0. The van der Waals surface area contributed by atoms with E-state index < -0.39 is 9.84 Å². The number of anilines is 1. The summed E-state index contributed by atoms with van der Waals surface area (Å²) in [5.74, 6) is 6.27. The number of halogens is 1. The lowest BCUT2D eigenvalue weighted by Crippen LogP contribution is -2.30. The predicted octanol–water partition coefficient (Wildman–Crippen LogP) is 3.37. The van der Waals surface area contributed by atoms with Gasteiger partial charge in [0.15, 0.2) is 15.6 Å². The smallest absolute Gasteiger partial charge is 0.238 e. The van der Waals surface area contributed by atoms with Crippen molar-refractivity contribution >= 4 is 49.8 Å². The van der Waals surface area contributed by atoms with Crippen LogP contribution in [0.15, 0.2) is 42.6 Å². The number of hydrogen-bond acceptors (Lipinski definition) is 5. The van der Waals surface area contributed by atoms with Crippen LogP contribution >= 0.6 is 22.6 Å². The Morgan fingerprint density at radius 2 is 1.84 bits per heavy atom. The van der Waals surface area contributed by atoms with Gasteiger partial charge in [-0.1, -0.05) is 24.0 Å². The van der Waals surface area contributed by atoms with Gasteiger partial charge in [0.2, 0.25) is 5.91 Å². The Kier molecular flexibility index (Phi) is 6.86. The fraction of sp³-hybridized carbons (Fsp3) is 0.217. The summed E-state index contributed by atoms with van der Waals surface area (Å²) in [5, 5.41) is 0. The lowest BCUT2D eigenvalue weighted by molar-refractivity contribution is -0.124. The van der Waals surface area contributed by atoms with Crippen molar-refractivity contribution in [2.75, 3.05) is 18.3 Å². The van der Waals surface area contributed by atoms with Gasteiger partial charge < -0.3 is 4.74 Å². The van der Waals surface area contributed by atoms with Gasteiger partial charge in [-0.15, -0.1) is 0 Å². The Balaban J connectivity index is 2.00. The fourth-order valence-corrected chi connectivity index (χ4v) is 4.79. The van der Waals surface area contributed by atoms with E-state index in [-0.39, 0.29) is 23.9 Å². The Hall–Kier alpha value is -2.64. The number of sulfone groups is 1.